The minimum atomic E-state index is -3.90. The van der Waals surface area contributed by atoms with Gasteiger partial charge in [-0.05, 0) is 71.8 Å². The van der Waals surface area contributed by atoms with E-state index in [0.717, 1.165) is 43.2 Å². The van der Waals surface area contributed by atoms with Crippen LogP contribution in [0.1, 0.15) is 24.5 Å². The number of hydrogen-bond acceptors (Lipinski definition) is 4. The monoisotopic (exact) mass is 619 g/mol. The molecule has 3 heterocycles. The number of rotatable bonds is 4. The van der Waals surface area contributed by atoms with Crippen molar-refractivity contribution in [2.45, 2.75) is 23.7 Å². The third-order valence-electron chi connectivity index (χ3n) is 6.63. The molecule has 1 aliphatic heterocycles. The van der Waals surface area contributed by atoms with Crippen molar-refractivity contribution in [3.63, 3.8) is 0 Å². The molecular formula is C26H20F2IN3O3S. The lowest BCUT2D eigenvalue weighted by Gasteiger charge is -2.24. The maximum Gasteiger partial charge on any atom is 0.283 e. The number of aromatic nitrogens is 3. The predicted molar refractivity (Wildman–Crippen MR) is 141 cm³/mol. The average Bonchev–Trinajstić information content (AvgIpc) is 3.44. The Labute approximate surface area is 219 Å². The second-order valence-corrected chi connectivity index (χ2v) is 11.6. The second-order valence-electron chi connectivity index (χ2n) is 8.75. The summed E-state index contributed by atoms with van der Waals surface area (Å²) in [5.74, 6) is -1.68. The molecule has 1 fully saturated rings. The second kappa shape index (κ2) is 8.93. The number of nitrogens with zero attached hydrogens (tertiary/aromatic N) is 3. The Bertz CT molecular complexity index is 1730. The van der Waals surface area contributed by atoms with E-state index in [1.807, 2.05) is 16.7 Å². The highest BCUT2D eigenvalue weighted by Crippen LogP contribution is 2.40. The van der Waals surface area contributed by atoms with Crippen LogP contribution < -0.4 is 0 Å². The molecule has 0 spiro atoms. The molecule has 184 valence electrons. The van der Waals surface area contributed by atoms with Crippen LogP contribution in [0.4, 0.5) is 8.78 Å². The zero-order valence-corrected chi connectivity index (χ0v) is 21.8. The molecule has 0 saturated carbocycles. The molecule has 3 aromatic carbocycles. The summed E-state index contributed by atoms with van der Waals surface area (Å²) in [4.78, 5) is 0.145. The summed E-state index contributed by atoms with van der Waals surface area (Å²) >= 11 is 2.27. The zero-order chi connectivity index (χ0) is 25.0. The van der Waals surface area contributed by atoms with Gasteiger partial charge in [0, 0.05) is 50.9 Å². The predicted octanol–water partition coefficient (Wildman–Crippen LogP) is 5.99. The van der Waals surface area contributed by atoms with E-state index in [1.54, 1.807) is 24.3 Å². The van der Waals surface area contributed by atoms with Gasteiger partial charge in [0.05, 0.1) is 22.1 Å². The van der Waals surface area contributed by atoms with Crippen LogP contribution in [0.3, 0.4) is 0 Å². The van der Waals surface area contributed by atoms with Crippen LogP contribution in [0.5, 0.6) is 0 Å². The largest absolute Gasteiger partial charge is 0.381 e. The number of hydrogen-bond donors (Lipinski definition) is 0. The lowest BCUT2D eigenvalue weighted by atomic mass is 9.96. The molecule has 0 bridgehead atoms. The Balaban J connectivity index is 1.63. The number of fused-ring (bicyclic) bond motifs is 2. The van der Waals surface area contributed by atoms with Crippen molar-refractivity contribution in [3.8, 4) is 5.69 Å². The first-order valence-corrected chi connectivity index (χ1v) is 13.9. The van der Waals surface area contributed by atoms with Crippen LogP contribution in [0.15, 0.2) is 71.8 Å². The molecule has 0 aliphatic carbocycles. The van der Waals surface area contributed by atoms with Crippen molar-refractivity contribution in [2.24, 2.45) is 0 Å². The zero-order valence-electron chi connectivity index (χ0n) is 18.9. The van der Waals surface area contributed by atoms with E-state index >= 15 is 0 Å². The molecule has 6 rings (SSSR count). The van der Waals surface area contributed by atoms with Gasteiger partial charge >= 0.3 is 0 Å². The molecule has 0 unspecified atom stereocenters. The summed E-state index contributed by atoms with van der Waals surface area (Å²) in [6.07, 6.45) is 3.11. The van der Waals surface area contributed by atoms with E-state index in [2.05, 4.69) is 27.7 Å². The Morgan fingerprint density at radius 3 is 2.42 bits per heavy atom. The van der Waals surface area contributed by atoms with Crippen LogP contribution >= 0.6 is 22.6 Å². The fourth-order valence-electron chi connectivity index (χ4n) is 4.88. The minimum Gasteiger partial charge on any atom is -0.381 e. The van der Waals surface area contributed by atoms with Gasteiger partial charge < -0.3 is 9.30 Å². The highest BCUT2D eigenvalue weighted by molar-refractivity contribution is 14.1. The molecule has 10 heteroatoms. The lowest BCUT2D eigenvalue weighted by molar-refractivity contribution is 0.0841. The van der Waals surface area contributed by atoms with Gasteiger partial charge in [-0.1, -0.05) is 18.2 Å². The van der Waals surface area contributed by atoms with Gasteiger partial charge in [-0.25, -0.2) is 8.78 Å². The van der Waals surface area contributed by atoms with E-state index in [-0.39, 0.29) is 10.8 Å². The summed E-state index contributed by atoms with van der Waals surface area (Å²) in [6.45, 7) is 1.23. The van der Waals surface area contributed by atoms with Gasteiger partial charge in [0.25, 0.3) is 10.0 Å². The molecule has 0 amide bonds. The van der Waals surface area contributed by atoms with Gasteiger partial charge in [0.1, 0.15) is 0 Å². The van der Waals surface area contributed by atoms with Crippen LogP contribution in [-0.4, -0.2) is 35.4 Å². The Morgan fingerprint density at radius 1 is 0.944 bits per heavy atom. The third kappa shape index (κ3) is 3.73. The molecule has 5 aromatic rings. The normalized spacial score (nSPS) is 15.2. The first-order valence-electron chi connectivity index (χ1n) is 11.4. The third-order valence-corrected chi connectivity index (χ3v) is 9.38. The van der Waals surface area contributed by atoms with Gasteiger partial charge in [0.2, 0.25) is 0 Å². The van der Waals surface area contributed by atoms with E-state index < -0.39 is 21.7 Å². The lowest BCUT2D eigenvalue weighted by Crippen LogP contribution is -2.17. The first kappa shape index (κ1) is 23.6. The van der Waals surface area contributed by atoms with Gasteiger partial charge in [-0.3, -0.25) is 0 Å². The smallest absolute Gasteiger partial charge is 0.283 e. The van der Waals surface area contributed by atoms with Crippen molar-refractivity contribution in [2.75, 3.05) is 13.2 Å². The Morgan fingerprint density at radius 2 is 1.69 bits per heavy atom. The first-order chi connectivity index (χ1) is 17.4. The van der Waals surface area contributed by atoms with Crippen molar-refractivity contribution in [3.05, 3.63) is 87.8 Å². The van der Waals surface area contributed by atoms with Crippen LogP contribution in [0, 0.1) is 15.2 Å². The van der Waals surface area contributed by atoms with Crippen molar-refractivity contribution < 1.29 is 21.9 Å². The van der Waals surface area contributed by atoms with E-state index in [4.69, 9.17) is 4.74 Å². The quantitative estimate of drug-likeness (QED) is 0.232. The topological polar surface area (TPSA) is 66.1 Å². The van der Waals surface area contributed by atoms with Crippen molar-refractivity contribution >= 4 is 54.4 Å². The standard InChI is InChI=1S/C26H20F2IN3O3S/c27-21-7-6-18(13-22(21)28)31-24-12-17-15-30-32(36(33,34)19-4-2-1-3-5-19)23(17)14-20(24)25(29)26(31)16-8-10-35-11-9-16/h1-7,12-16H,8-11H2. The van der Waals surface area contributed by atoms with Crippen molar-refractivity contribution in [1.82, 2.24) is 13.8 Å². The van der Waals surface area contributed by atoms with Gasteiger partial charge in [-0.2, -0.15) is 17.6 Å². The van der Waals surface area contributed by atoms with Crippen molar-refractivity contribution in [1.29, 1.82) is 0 Å². The van der Waals surface area contributed by atoms with E-state index in [1.165, 1.54) is 24.4 Å². The average molecular weight is 619 g/mol. The van der Waals surface area contributed by atoms with Crippen LogP contribution in [0.25, 0.3) is 27.5 Å². The summed E-state index contributed by atoms with van der Waals surface area (Å²) in [5, 5.41) is 5.65. The molecule has 0 radical (unpaired) electrons. The number of halogens is 3. The summed E-state index contributed by atoms with van der Waals surface area (Å²) in [6, 6.07) is 15.7. The van der Waals surface area contributed by atoms with Crippen LogP contribution in [-0.2, 0) is 14.8 Å². The molecule has 0 N–H and O–H groups in total. The van der Waals surface area contributed by atoms with Gasteiger partial charge in [0.15, 0.2) is 11.6 Å². The van der Waals surface area contributed by atoms with Crippen LogP contribution in [0.2, 0.25) is 0 Å². The van der Waals surface area contributed by atoms with Gasteiger partial charge in [-0.15, -0.1) is 0 Å². The molecule has 1 saturated heterocycles. The number of benzene rings is 3. The summed E-state index contributed by atoms with van der Waals surface area (Å²) in [7, 11) is -3.90. The molecular weight excluding hydrogens is 599 g/mol. The number of ether oxygens (including phenoxy) is 1. The van der Waals surface area contributed by atoms with E-state index in [0.29, 0.717) is 29.8 Å². The molecule has 6 nitrogen and oxygen atoms in total. The highest BCUT2D eigenvalue weighted by Gasteiger charge is 2.28. The molecule has 1 aliphatic rings. The minimum absolute atomic E-state index is 0.145. The maximum absolute atomic E-state index is 14.3. The molecule has 36 heavy (non-hydrogen) atoms. The summed E-state index contributed by atoms with van der Waals surface area (Å²) < 4.78 is 64.3. The SMILES string of the molecule is O=S(=O)(c1ccccc1)n1ncc2cc3c(cc21)c(I)c(C1CCOCC1)n3-c1ccc(F)c(F)c1. The van der Waals surface area contributed by atoms with E-state index in [9.17, 15) is 17.2 Å². The molecule has 2 aromatic heterocycles. The fourth-order valence-corrected chi connectivity index (χ4v) is 7.29. The Hall–Kier alpha value is -2.83. The Kier molecular flexibility index (Phi) is 5.84. The molecule has 0 atom stereocenters. The fraction of sp³-hybridized carbons (Fsp3) is 0.192. The highest BCUT2D eigenvalue weighted by atomic mass is 127. The maximum atomic E-state index is 14.3. The summed E-state index contributed by atoms with van der Waals surface area (Å²) in [5.41, 5.74) is 2.71.